The number of nitrogens with zero attached hydrogens (tertiary/aromatic N) is 1. The number of methoxy groups -OCH3 is 1. The maximum absolute atomic E-state index is 11.5. The average molecular weight is 228 g/mol. The van der Waals surface area contributed by atoms with Crippen LogP contribution in [0.1, 0.15) is 26.7 Å². The fourth-order valence-electron chi connectivity index (χ4n) is 2.28. The van der Waals surface area contributed by atoms with E-state index in [2.05, 4.69) is 24.2 Å². The fraction of sp³-hybridized carbons (Fsp3) is 0.917. The third-order valence-corrected chi connectivity index (χ3v) is 3.82. The van der Waals surface area contributed by atoms with Gasteiger partial charge < -0.3 is 10.1 Å². The van der Waals surface area contributed by atoms with Crippen molar-refractivity contribution >= 4 is 5.97 Å². The van der Waals surface area contributed by atoms with Gasteiger partial charge in [-0.15, -0.1) is 0 Å². The van der Waals surface area contributed by atoms with E-state index < -0.39 is 0 Å². The van der Waals surface area contributed by atoms with E-state index in [-0.39, 0.29) is 17.9 Å². The molecule has 1 N–H and O–H groups in total. The highest BCUT2D eigenvalue weighted by Crippen LogP contribution is 2.18. The van der Waals surface area contributed by atoms with Crippen LogP contribution in [-0.4, -0.2) is 50.2 Å². The number of ether oxygens (including phenoxy) is 1. The van der Waals surface area contributed by atoms with Gasteiger partial charge in [-0.1, -0.05) is 6.92 Å². The molecule has 1 saturated heterocycles. The van der Waals surface area contributed by atoms with E-state index in [9.17, 15) is 4.79 Å². The first kappa shape index (κ1) is 13.5. The molecule has 16 heavy (non-hydrogen) atoms. The largest absolute Gasteiger partial charge is 0.469 e. The molecule has 2 unspecified atom stereocenters. The predicted molar refractivity (Wildman–Crippen MR) is 64.3 cm³/mol. The molecular weight excluding hydrogens is 204 g/mol. The fourth-order valence-corrected chi connectivity index (χ4v) is 2.28. The lowest BCUT2D eigenvalue weighted by Crippen LogP contribution is -2.48. The second-order valence-electron chi connectivity index (χ2n) is 4.70. The molecule has 1 aliphatic rings. The highest BCUT2D eigenvalue weighted by Gasteiger charge is 2.28. The first-order chi connectivity index (χ1) is 7.57. The quantitative estimate of drug-likeness (QED) is 0.725. The molecule has 0 aromatic heterocycles. The summed E-state index contributed by atoms with van der Waals surface area (Å²) < 4.78 is 4.79. The second-order valence-corrected chi connectivity index (χ2v) is 4.70. The van der Waals surface area contributed by atoms with Gasteiger partial charge in [0.05, 0.1) is 13.0 Å². The van der Waals surface area contributed by atoms with Crippen LogP contribution in [-0.2, 0) is 9.53 Å². The number of carbonyl (C=O) groups excluding carboxylic acids is 1. The van der Waals surface area contributed by atoms with E-state index in [0.717, 1.165) is 25.9 Å². The number of hydrogen-bond donors (Lipinski definition) is 1. The summed E-state index contributed by atoms with van der Waals surface area (Å²) in [7, 11) is 3.57. The lowest BCUT2D eigenvalue weighted by molar-refractivity contribution is -0.147. The molecule has 4 nitrogen and oxygen atoms in total. The Kier molecular flexibility index (Phi) is 5.22. The molecule has 1 heterocycles. The Morgan fingerprint density at radius 1 is 1.38 bits per heavy atom. The SMILES string of the molecule is COC(=O)C(C)C(C)N(C)C1CCNCC1. The van der Waals surface area contributed by atoms with Crippen molar-refractivity contribution < 1.29 is 9.53 Å². The maximum atomic E-state index is 11.5. The van der Waals surface area contributed by atoms with Gasteiger partial charge in [-0.05, 0) is 39.9 Å². The highest BCUT2D eigenvalue weighted by atomic mass is 16.5. The Hall–Kier alpha value is -0.610. The molecule has 0 aromatic rings. The van der Waals surface area contributed by atoms with Gasteiger partial charge in [-0.3, -0.25) is 9.69 Å². The van der Waals surface area contributed by atoms with Gasteiger partial charge in [0.1, 0.15) is 0 Å². The minimum absolute atomic E-state index is 0.0649. The summed E-state index contributed by atoms with van der Waals surface area (Å²) in [5.41, 5.74) is 0. The Labute approximate surface area is 98.3 Å². The normalized spacial score (nSPS) is 21.8. The highest BCUT2D eigenvalue weighted by molar-refractivity contribution is 5.72. The van der Waals surface area contributed by atoms with Crippen LogP contribution in [0.15, 0.2) is 0 Å². The van der Waals surface area contributed by atoms with Crippen molar-refractivity contribution in [2.75, 3.05) is 27.2 Å². The van der Waals surface area contributed by atoms with Crippen molar-refractivity contribution in [1.29, 1.82) is 0 Å². The van der Waals surface area contributed by atoms with Gasteiger partial charge in [-0.2, -0.15) is 0 Å². The lowest BCUT2D eigenvalue weighted by atomic mass is 9.97. The van der Waals surface area contributed by atoms with Crippen molar-refractivity contribution in [3.8, 4) is 0 Å². The van der Waals surface area contributed by atoms with E-state index in [1.165, 1.54) is 7.11 Å². The molecular formula is C12H24N2O2. The molecule has 4 heteroatoms. The van der Waals surface area contributed by atoms with E-state index in [4.69, 9.17) is 4.74 Å². The molecule has 0 aliphatic carbocycles. The van der Waals surface area contributed by atoms with E-state index in [1.54, 1.807) is 0 Å². The summed E-state index contributed by atoms with van der Waals surface area (Å²) in [4.78, 5) is 13.8. The zero-order chi connectivity index (χ0) is 12.1. The van der Waals surface area contributed by atoms with Crippen LogP contribution in [0.4, 0.5) is 0 Å². The number of hydrogen-bond acceptors (Lipinski definition) is 4. The third kappa shape index (κ3) is 3.19. The number of rotatable bonds is 4. The smallest absolute Gasteiger partial charge is 0.309 e. The van der Waals surface area contributed by atoms with Crippen LogP contribution < -0.4 is 5.32 Å². The van der Waals surface area contributed by atoms with Crippen molar-refractivity contribution in [2.24, 2.45) is 5.92 Å². The third-order valence-electron chi connectivity index (χ3n) is 3.82. The number of esters is 1. The van der Waals surface area contributed by atoms with Gasteiger partial charge in [0.25, 0.3) is 0 Å². The molecule has 0 amide bonds. The average Bonchev–Trinajstić information content (AvgIpc) is 2.36. The molecule has 0 saturated carbocycles. The van der Waals surface area contributed by atoms with Crippen LogP contribution in [0.25, 0.3) is 0 Å². The standard InChI is InChI=1S/C12H24N2O2/c1-9(12(15)16-4)10(2)14(3)11-5-7-13-8-6-11/h9-11,13H,5-8H2,1-4H3. The van der Waals surface area contributed by atoms with Crippen LogP contribution >= 0.6 is 0 Å². The Morgan fingerprint density at radius 2 is 1.94 bits per heavy atom. The zero-order valence-electron chi connectivity index (χ0n) is 10.8. The molecule has 0 spiro atoms. The van der Waals surface area contributed by atoms with Crippen molar-refractivity contribution in [2.45, 2.75) is 38.8 Å². The van der Waals surface area contributed by atoms with Gasteiger partial charge in [0.15, 0.2) is 0 Å². The summed E-state index contributed by atoms with van der Waals surface area (Å²) in [6, 6.07) is 0.818. The Balaban J connectivity index is 2.51. The topological polar surface area (TPSA) is 41.6 Å². The van der Waals surface area contributed by atoms with Gasteiger partial charge in [0.2, 0.25) is 0 Å². The molecule has 2 atom stereocenters. The molecule has 0 aromatic carbocycles. The summed E-state index contributed by atoms with van der Waals surface area (Å²) in [5, 5.41) is 3.35. The second kappa shape index (κ2) is 6.21. The summed E-state index contributed by atoms with van der Waals surface area (Å²) in [6.07, 6.45) is 2.32. The predicted octanol–water partition coefficient (Wildman–Crippen LogP) is 0.868. The van der Waals surface area contributed by atoms with E-state index >= 15 is 0 Å². The van der Waals surface area contributed by atoms with Gasteiger partial charge in [-0.25, -0.2) is 0 Å². The van der Waals surface area contributed by atoms with Crippen molar-refractivity contribution in [3.05, 3.63) is 0 Å². The lowest BCUT2D eigenvalue weighted by Gasteiger charge is -2.37. The minimum Gasteiger partial charge on any atom is -0.469 e. The Morgan fingerprint density at radius 3 is 2.44 bits per heavy atom. The molecule has 94 valence electrons. The minimum atomic E-state index is -0.117. The molecule has 0 radical (unpaired) electrons. The number of nitrogens with one attached hydrogen (secondary N) is 1. The number of carbonyl (C=O) groups is 1. The summed E-state index contributed by atoms with van der Waals surface area (Å²) >= 11 is 0. The van der Waals surface area contributed by atoms with Crippen LogP contribution in [0.5, 0.6) is 0 Å². The zero-order valence-corrected chi connectivity index (χ0v) is 10.8. The van der Waals surface area contributed by atoms with Crippen molar-refractivity contribution in [1.82, 2.24) is 10.2 Å². The first-order valence-electron chi connectivity index (χ1n) is 6.08. The molecule has 1 aliphatic heterocycles. The summed E-state index contributed by atoms with van der Waals surface area (Å²) in [6.45, 7) is 6.19. The van der Waals surface area contributed by atoms with Crippen LogP contribution in [0.2, 0.25) is 0 Å². The number of piperidine rings is 1. The van der Waals surface area contributed by atoms with Crippen molar-refractivity contribution in [3.63, 3.8) is 0 Å². The maximum Gasteiger partial charge on any atom is 0.309 e. The van der Waals surface area contributed by atoms with Crippen LogP contribution in [0.3, 0.4) is 0 Å². The van der Waals surface area contributed by atoms with Gasteiger partial charge >= 0.3 is 5.97 Å². The molecule has 0 bridgehead atoms. The van der Waals surface area contributed by atoms with Gasteiger partial charge in [0, 0.05) is 12.1 Å². The molecule has 1 rings (SSSR count). The molecule has 1 fully saturated rings. The van der Waals surface area contributed by atoms with Crippen LogP contribution in [0, 0.1) is 5.92 Å². The summed E-state index contributed by atoms with van der Waals surface area (Å²) in [5.74, 6) is -0.182. The first-order valence-corrected chi connectivity index (χ1v) is 6.08. The van der Waals surface area contributed by atoms with E-state index in [1.807, 2.05) is 6.92 Å². The Bertz CT molecular complexity index is 227. The van der Waals surface area contributed by atoms with E-state index in [0.29, 0.717) is 6.04 Å². The monoisotopic (exact) mass is 228 g/mol.